The van der Waals surface area contributed by atoms with Crippen molar-refractivity contribution in [3.05, 3.63) is 17.6 Å². The quantitative estimate of drug-likeness (QED) is 0.589. The third-order valence-corrected chi connectivity index (χ3v) is 7.65. The number of nitrogens with zero attached hydrogens (tertiary/aromatic N) is 4. The Balaban J connectivity index is 1.50. The van der Waals surface area contributed by atoms with Gasteiger partial charge in [-0.05, 0) is 44.6 Å². The van der Waals surface area contributed by atoms with Gasteiger partial charge in [0, 0.05) is 49.7 Å². The molecule has 1 atom stereocenters. The summed E-state index contributed by atoms with van der Waals surface area (Å²) in [6.45, 7) is 21.0. The van der Waals surface area contributed by atoms with Crippen LogP contribution >= 0.6 is 0 Å². The van der Waals surface area contributed by atoms with Gasteiger partial charge >= 0.3 is 0 Å². The van der Waals surface area contributed by atoms with E-state index in [2.05, 4.69) is 57.4 Å². The molecule has 7 heteroatoms. The number of hydrogen-bond donors (Lipinski definition) is 1. The lowest BCUT2D eigenvalue weighted by atomic mass is 9.78. The number of amides is 1. The minimum atomic E-state index is -0.409. The third kappa shape index (κ3) is 7.63. The van der Waals surface area contributed by atoms with Crippen LogP contribution in [0, 0.1) is 11.8 Å². The van der Waals surface area contributed by atoms with Crippen LogP contribution in [-0.4, -0.2) is 66.2 Å². The maximum absolute atomic E-state index is 11.7. The van der Waals surface area contributed by atoms with Crippen molar-refractivity contribution in [3.8, 4) is 0 Å². The molecule has 1 amide bonds. The maximum Gasteiger partial charge on any atom is 0.246 e. The Labute approximate surface area is 213 Å². The molecule has 198 valence electrons. The molecular formula is C28H49N5O2. The Kier molecular flexibility index (Phi) is 9.19. The van der Waals surface area contributed by atoms with Crippen molar-refractivity contribution in [1.29, 1.82) is 0 Å². The summed E-state index contributed by atoms with van der Waals surface area (Å²) in [6, 6.07) is 2.20. The second-order valence-corrected chi connectivity index (χ2v) is 12.6. The molecule has 2 fully saturated rings. The van der Waals surface area contributed by atoms with Crippen molar-refractivity contribution in [2.45, 2.75) is 97.5 Å². The van der Waals surface area contributed by atoms with E-state index < -0.39 is 6.10 Å². The molecule has 2 N–H and O–H groups in total. The van der Waals surface area contributed by atoms with Gasteiger partial charge in [-0.3, -0.25) is 9.69 Å². The van der Waals surface area contributed by atoms with Gasteiger partial charge in [0.25, 0.3) is 0 Å². The van der Waals surface area contributed by atoms with Gasteiger partial charge in [-0.15, -0.1) is 0 Å². The smallest absolute Gasteiger partial charge is 0.246 e. The molecule has 0 aromatic carbocycles. The van der Waals surface area contributed by atoms with Crippen molar-refractivity contribution < 1.29 is 9.53 Å². The number of hydrogen-bond acceptors (Lipinski definition) is 6. The largest absolute Gasteiger partial charge is 0.368 e. The molecule has 1 aliphatic heterocycles. The number of anilines is 1. The monoisotopic (exact) mass is 487 g/mol. The lowest BCUT2D eigenvalue weighted by Crippen LogP contribution is -2.47. The summed E-state index contributed by atoms with van der Waals surface area (Å²) in [5.41, 5.74) is 6.62. The Morgan fingerprint density at radius 2 is 1.66 bits per heavy atom. The zero-order valence-corrected chi connectivity index (χ0v) is 23.3. The molecule has 0 radical (unpaired) electrons. The molecule has 2 heterocycles. The molecule has 0 bridgehead atoms. The van der Waals surface area contributed by atoms with E-state index >= 15 is 0 Å². The molecule has 0 spiro atoms. The fourth-order valence-electron chi connectivity index (χ4n) is 5.29. The van der Waals surface area contributed by atoms with Crippen LogP contribution in [-0.2, 0) is 20.4 Å². The summed E-state index contributed by atoms with van der Waals surface area (Å²) in [6.07, 6.45) is 5.27. The zero-order chi connectivity index (χ0) is 25.8. The highest BCUT2D eigenvalue weighted by atomic mass is 16.5. The summed E-state index contributed by atoms with van der Waals surface area (Å²) in [5, 5.41) is 0. The van der Waals surface area contributed by atoms with Gasteiger partial charge < -0.3 is 15.4 Å². The number of carbonyl (C=O) groups excluding carboxylic acids is 1. The lowest BCUT2D eigenvalue weighted by Gasteiger charge is -2.37. The topological polar surface area (TPSA) is 84.6 Å². The average molecular weight is 488 g/mol. The van der Waals surface area contributed by atoms with Crippen LogP contribution in [0.25, 0.3) is 0 Å². The Morgan fingerprint density at radius 3 is 2.17 bits per heavy atom. The number of aromatic nitrogens is 2. The summed E-state index contributed by atoms with van der Waals surface area (Å²) in [5.74, 6) is 2.73. The van der Waals surface area contributed by atoms with Gasteiger partial charge in [-0.25, -0.2) is 9.97 Å². The first-order valence-electron chi connectivity index (χ1n) is 13.7. The van der Waals surface area contributed by atoms with Gasteiger partial charge in [0.2, 0.25) is 5.91 Å². The van der Waals surface area contributed by atoms with Crippen LogP contribution < -0.4 is 10.6 Å². The van der Waals surface area contributed by atoms with Crippen LogP contribution in [0.3, 0.4) is 0 Å². The van der Waals surface area contributed by atoms with E-state index in [0.717, 1.165) is 68.8 Å². The van der Waals surface area contributed by atoms with E-state index in [9.17, 15) is 4.79 Å². The number of rotatable bonds is 8. The second kappa shape index (κ2) is 11.5. The van der Waals surface area contributed by atoms with Crippen molar-refractivity contribution in [1.82, 2.24) is 14.9 Å². The molecule has 1 saturated heterocycles. The Bertz CT molecular complexity index is 796. The highest BCUT2D eigenvalue weighted by Crippen LogP contribution is 2.34. The molecule has 2 aliphatic rings. The van der Waals surface area contributed by atoms with E-state index in [1.807, 2.05) is 6.92 Å². The van der Waals surface area contributed by atoms with Crippen molar-refractivity contribution in [2.75, 3.05) is 44.2 Å². The molecule has 1 unspecified atom stereocenters. The number of ether oxygens (including phenoxy) is 1. The second-order valence-electron chi connectivity index (χ2n) is 12.6. The standard InChI is InChI=1S/C28H49N5O2/c1-8-35-24(25(29)34)21-11-9-20(10-12-21)13-14-32-15-17-33(18-16-32)23-19-22(27(2,3)4)30-26(31-23)28(5,6)7/h19-21,24H,8-18H2,1-7H3,(H2,29,34). The fourth-order valence-corrected chi connectivity index (χ4v) is 5.29. The Hall–Kier alpha value is -1.73. The average Bonchev–Trinajstić information content (AvgIpc) is 2.80. The fraction of sp³-hybridized carbons (Fsp3) is 0.821. The maximum atomic E-state index is 11.7. The first kappa shape index (κ1) is 27.9. The number of nitrogens with two attached hydrogens (primary N) is 1. The normalized spacial score (nSPS) is 23.3. The van der Waals surface area contributed by atoms with Crippen LogP contribution in [0.5, 0.6) is 0 Å². The van der Waals surface area contributed by atoms with Crippen molar-refractivity contribution >= 4 is 11.7 Å². The molecule has 7 nitrogen and oxygen atoms in total. The van der Waals surface area contributed by atoms with Crippen molar-refractivity contribution in [2.24, 2.45) is 17.6 Å². The molecule has 1 saturated carbocycles. The van der Waals surface area contributed by atoms with Gasteiger partial charge in [-0.2, -0.15) is 0 Å². The highest BCUT2D eigenvalue weighted by molar-refractivity contribution is 5.79. The molecular weight excluding hydrogens is 438 g/mol. The third-order valence-electron chi connectivity index (χ3n) is 7.65. The summed E-state index contributed by atoms with van der Waals surface area (Å²) in [7, 11) is 0. The zero-order valence-electron chi connectivity index (χ0n) is 23.3. The predicted octanol–water partition coefficient (Wildman–Crippen LogP) is 4.28. The van der Waals surface area contributed by atoms with E-state index in [-0.39, 0.29) is 22.7 Å². The molecule has 1 aromatic heterocycles. The van der Waals surface area contributed by atoms with Crippen LogP contribution in [0.4, 0.5) is 5.82 Å². The van der Waals surface area contributed by atoms with Crippen LogP contribution in [0.15, 0.2) is 6.07 Å². The molecule has 1 aliphatic carbocycles. The highest BCUT2D eigenvalue weighted by Gasteiger charge is 2.32. The minimum Gasteiger partial charge on any atom is -0.368 e. The van der Waals surface area contributed by atoms with Gasteiger partial charge in [0.05, 0.1) is 5.69 Å². The van der Waals surface area contributed by atoms with E-state index in [1.165, 1.54) is 19.3 Å². The Morgan fingerprint density at radius 1 is 1.03 bits per heavy atom. The molecule has 35 heavy (non-hydrogen) atoms. The first-order valence-corrected chi connectivity index (χ1v) is 13.7. The first-order chi connectivity index (χ1) is 16.4. The van der Waals surface area contributed by atoms with Crippen molar-refractivity contribution in [3.63, 3.8) is 0 Å². The molecule has 1 aromatic rings. The van der Waals surface area contributed by atoms with Crippen LogP contribution in [0.2, 0.25) is 0 Å². The van der Waals surface area contributed by atoms with E-state index in [4.69, 9.17) is 20.4 Å². The molecule has 3 rings (SSSR count). The number of piperazine rings is 1. The minimum absolute atomic E-state index is 0.00135. The predicted molar refractivity (Wildman–Crippen MR) is 143 cm³/mol. The SMILES string of the molecule is CCOC(C(N)=O)C1CCC(CCN2CCN(c3cc(C(C)(C)C)nc(C(C)(C)C)n3)CC2)CC1. The summed E-state index contributed by atoms with van der Waals surface area (Å²) in [4.78, 5) is 26.7. The lowest BCUT2D eigenvalue weighted by molar-refractivity contribution is -0.134. The van der Waals surface area contributed by atoms with Crippen LogP contribution in [0.1, 0.15) is 92.1 Å². The summed E-state index contributed by atoms with van der Waals surface area (Å²) < 4.78 is 5.64. The number of primary amides is 1. The van der Waals surface area contributed by atoms with E-state index in [0.29, 0.717) is 6.61 Å². The van der Waals surface area contributed by atoms with Gasteiger partial charge in [-0.1, -0.05) is 54.4 Å². The van der Waals surface area contributed by atoms with Gasteiger partial charge in [0.15, 0.2) is 0 Å². The van der Waals surface area contributed by atoms with Gasteiger partial charge in [0.1, 0.15) is 17.7 Å². The number of carbonyl (C=O) groups is 1. The summed E-state index contributed by atoms with van der Waals surface area (Å²) >= 11 is 0. The van der Waals surface area contributed by atoms with E-state index in [1.54, 1.807) is 0 Å².